The number of hydrogen-bond acceptors (Lipinski definition) is 4. The number of furan rings is 1. The summed E-state index contributed by atoms with van der Waals surface area (Å²) in [6.07, 6.45) is 0.872. The fourth-order valence-corrected chi connectivity index (χ4v) is 2.03. The van der Waals surface area contributed by atoms with E-state index in [0.717, 1.165) is 5.56 Å². The third kappa shape index (κ3) is 4.21. The molecule has 0 fully saturated rings. The zero-order valence-electron chi connectivity index (χ0n) is 10.8. The SMILES string of the molecule is OCCN(Cc1ccccc1)CC(O)c1ccco1. The van der Waals surface area contributed by atoms with Crippen molar-refractivity contribution in [3.63, 3.8) is 0 Å². The second-order valence-electron chi connectivity index (χ2n) is 4.48. The van der Waals surface area contributed by atoms with Crippen LogP contribution < -0.4 is 0 Å². The molecule has 0 amide bonds. The van der Waals surface area contributed by atoms with Crippen LogP contribution in [0.4, 0.5) is 0 Å². The minimum atomic E-state index is -0.676. The quantitative estimate of drug-likeness (QED) is 0.798. The minimum Gasteiger partial charge on any atom is -0.467 e. The average Bonchev–Trinajstić information content (AvgIpc) is 2.94. The van der Waals surface area contributed by atoms with Gasteiger partial charge in [-0.2, -0.15) is 0 Å². The molecule has 1 heterocycles. The Bertz CT molecular complexity index is 456. The second kappa shape index (κ2) is 7.09. The number of aliphatic hydroxyl groups is 2. The van der Waals surface area contributed by atoms with E-state index >= 15 is 0 Å². The Morgan fingerprint density at radius 1 is 1.11 bits per heavy atom. The maximum atomic E-state index is 10.1. The van der Waals surface area contributed by atoms with Crippen LogP contribution in [0.2, 0.25) is 0 Å². The van der Waals surface area contributed by atoms with Crippen molar-refractivity contribution in [3.05, 3.63) is 60.1 Å². The fourth-order valence-electron chi connectivity index (χ4n) is 2.03. The summed E-state index contributed by atoms with van der Waals surface area (Å²) >= 11 is 0. The van der Waals surface area contributed by atoms with E-state index in [1.165, 1.54) is 0 Å². The molecule has 0 saturated carbocycles. The monoisotopic (exact) mass is 261 g/mol. The van der Waals surface area contributed by atoms with Crippen molar-refractivity contribution in [1.82, 2.24) is 4.90 Å². The van der Waals surface area contributed by atoms with Gasteiger partial charge in [0.1, 0.15) is 11.9 Å². The van der Waals surface area contributed by atoms with Crippen molar-refractivity contribution in [1.29, 1.82) is 0 Å². The van der Waals surface area contributed by atoms with Crippen LogP contribution in [0.3, 0.4) is 0 Å². The van der Waals surface area contributed by atoms with E-state index in [-0.39, 0.29) is 6.61 Å². The number of hydrogen-bond donors (Lipinski definition) is 2. The number of rotatable bonds is 7. The summed E-state index contributed by atoms with van der Waals surface area (Å²) < 4.78 is 5.19. The summed E-state index contributed by atoms with van der Waals surface area (Å²) in [6, 6.07) is 13.5. The van der Waals surface area contributed by atoms with Gasteiger partial charge in [0.25, 0.3) is 0 Å². The van der Waals surface area contributed by atoms with Crippen LogP contribution in [-0.2, 0) is 6.54 Å². The molecule has 4 heteroatoms. The molecule has 0 aliphatic carbocycles. The van der Waals surface area contributed by atoms with Crippen LogP contribution in [0.5, 0.6) is 0 Å². The highest BCUT2D eigenvalue weighted by atomic mass is 16.4. The molecule has 0 bridgehead atoms. The van der Waals surface area contributed by atoms with Crippen LogP contribution in [0, 0.1) is 0 Å². The molecule has 1 atom stereocenters. The molecule has 1 unspecified atom stereocenters. The minimum absolute atomic E-state index is 0.0672. The summed E-state index contributed by atoms with van der Waals surface area (Å²) in [7, 11) is 0. The first-order valence-corrected chi connectivity index (χ1v) is 6.38. The lowest BCUT2D eigenvalue weighted by molar-refractivity contribution is 0.0806. The van der Waals surface area contributed by atoms with Crippen molar-refractivity contribution in [2.75, 3.05) is 19.7 Å². The van der Waals surface area contributed by atoms with E-state index in [1.807, 2.05) is 35.2 Å². The van der Waals surface area contributed by atoms with E-state index in [4.69, 9.17) is 9.52 Å². The van der Waals surface area contributed by atoms with Crippen LogP contribution in [0.15, 0.2) is 53.1 Å². The molecule has 2 N–H and O–H groups in total. The first-order valence-electron chi connectivity index (χ1n) is 6.38. The second-order valence-corrected chi connectivity index (χ2v) is 4.48. The van der Waals surface area contributed by atoms with Crippen molar-refractivity contribution < 1.29 is 14.6 Å². The molecule has 0 saturated heterocycles. The number of benzene rings is 1. The normalized spacial score (nSPS) is 12.8. The molecule has 0 radical (unpaired) electrons. The zero-order chi connectivity index (χ0) is 13.5. The summed E-state index contributed by atoms with van der Waals surface area (Å²) in [5.41, 5.74) is 1.16. The Morgan fingerprint density at radius 3 is 2.53 bits per heavy atom. The van der Waals surface area contributed by atoms with Gasteiger partial charge in [0.15, 0.2) is 0 Å². The van der Waals surface area contributed by atoms with Crippen LogP contribution in [0.25, 0.3) is 0 Å². The molecule has 19 heavy (non-hydrogen) atoms. The summed E-state index contributed by atoms with van der Waals surface area (Å²) in [4.78, 5) is 2.00. The molecular weight excluding hydrogens is 242 g/mol. The Hall–Kier alpha value is -1.62. The molecule has 0 spiro atoms. The van der Waals surface area contributed by atoms with Gasteiger partial charge in [-0.1, -0.05) is 30.3 Å². The highest BCUT2D eigenvalue weighted by Gasteiger charge is 2.15. The van der Waals surface area contributed by atoms with Crippen LogP contribution in [-0.4, -0.2) is 34.8 Å². The largest absolute Gasteiger partial charge is 0.467 e. The third-order valence-corrected chi connectivity index (χ3v) is 2.97. The van der Waals surface area contributed by atoms with Gasteiger partial charge < -0.3 is 14.6 Å². The Labute approximate surface area is 112 Å². The number of aliphatic hydroxyl groups excluding tert-OH is 2. The van der Waals surface area contributed by atoms with Gasteiger partial charge in [-0.3, -0.25) is 4.90 Å². The van der Waals surface area contributed by atoms with Gasteiger partial charge in [-0.25, -0.2) is 0 Å². The van der Waals surface area contributed by atoms with Crippen molar-refractivity contribution in [3.8, 4) is 0 Å². The molecule has 4 nitrogen and oxygen atoms in total. The van der Waals surface area contributed by atoms with Gasteiger partial charge in [0.05, 0.1) is 12.9 Å². The molecule has 1 aromatic carbocycles. The summed E-state index contributed by atoms with van der Waals surface area (Å²) in [5.74, 6) is 0.552. The lowest BCUT2D eigenvalue weighted by Crippen LogP contribution is -2.30. The maximum Gasteiger partial charge on any atom is 0.133 e. The van der Waals surface area contributed by atoms with E-state index < -0.39 is 6.10 Å². The van der Waals surface area contributed by atoms with E-state index in [2.05, 4.69) is 0 Å². The third-order valence-electron chi connectivity index (χ3n) is 2.97. The lowest BCUT2D eigenvalue weighted by Gasteiger charge is -2.23. The molecule has 2 aromatic rings. The van der Waals surface area contributed by atoms with Crippen molar-refractivity contribution >= 4 is 0 Å². The first-order chi connectivity index (χ1) is 9.29. The summed E-state index contributed by atoms with van der Waals surface area (Å²) in [5, 5.41) is 19.2. The smallest absolute Gasteiger partial charge is 0.133 e. The Morgan fingerprint density at radius 2 is 1.89 bits per heavy atom. The maximum absolute atomic E-state index is 10.1. The molecule has 0 aliphatic heterocycles. The van der Waals surface area contributed by atoms with Gasteiger partial charge >= 0.3 is 0 Å². The molecular formula is C15H19NO3. The fraction of sp³-hybridized carbons (Fsp3) is 0.333. The summed E-state index contributed by atoms with van der Waals surface area (Å²) in [6.45, 7) is 1.71. The predicted molar refractivity (Wildman–Crippen MR) is 72.5 cm³/mol. The van der Waals surface area contributed by atoms with Gasteiger partial charge in [0.2, 0.25) is 0 Å². The van der Waals surface area contributed by atoms with Gasteiger partial charge in [-0.05, 0) is 17.7 Å². The van der Waals surface area contributed by atoms with Crippen LogP contribution in [0.1, 0.15) is 17.4 Å². The first kappa shape index (κ1) is 13.8. The van der Waals surface area contributed by atoms with E-state index in [1.54, 1.807) is 18.4 Å². The standard InChI is InChI=1S/C15H19NO3/c17-9-8-16(11-13-5-2-1-3-6-13)12-14(18)15-7-4-10-19-15/h1-7,10,14,17-18H,8-9,11-12H2. The predicted octanol–water partition coefficient (Wildman–Crippen LogP) is 1.81. The Balaban J connectivity index is 1.96. The number of nitrogens with zero attached hydrogens (tertiary/aromatic N) is 1. The molecule has 1 aromatic heterocycles. The van der Waals surface area contributed by atoms with Crippen molar-refractivity contribution in [2.45, 2.75) is 12.6 Å². The van der Waals surface area contributed by atoms with Crippen molar-refractivity contribution in [2.24, 2.45) is 0 Å². The average molecular weight is 261 g/mol. The molecule has 2 rings (SSSR count). The van der Waals surface area contributed by atoms with Gasteiger partial charge in [-0.15, -0.1) is 0 Å². The molecule has 102 valence electrons. The lowest BCUT2D eigenvalue weighted by atomic mass is 10.2. The Kier molecular flexibility index (Phi) is 5.15. The topological polar surface area (TPSA) is 56.8 Å². The highest BCUT2D eigenvalue weighted by molar-refractivity contribution is 5.14. The van der Waals surface area contributed by atoms with Gasteiger partial charge in [0, 0.05) is 19.6 Å². The molecule has 0 aliphatic rings. The van der Waals surface area contributed by atoms with E-state index in [9.17, 15) is 5.11 Å². The zero-order valence-corrected chi connectivity index (χ0v) is 10.8. The highest BCUT2D eigenvalue weighted by Crippen LogP contribution is 2.16. The van der Waals surface area contributed by atoms with E-state index in [0.29, 0.717) is 25.4 Å². The van der Waals surface area contributed by atoms with Crippen LogP contribution >= 0.6 is 0 Å².